The van der Waals surface area contributed by atoms with Gasteiger partial charge in [0.25, 0.3) is 0 Å². The molecule has 1 atom stereocenters. The summed E-state index contributed by atoms with van der Waals surface area (Å²) in [5, 5.41) is 0. The first-order valence-corrected chi connectivity index (χ1v) is 6.30. The molecule has 5 heteroatoms. The van der Waals surface area contributed by atoms with E-state index in [1.54, 1.807) is 7.11 Å². The van der Waals surface area contributed by atoms with Crippen LogP contribution in [0.2, 0.25) is 4.34 Å². The van der Waals surface area contributed by atoms with Crippen molar-refractivity contribution in [1.29, 1.82) is 0 Å². The van der Waals surface area contributed by atoms with Gasteiger partial charge < -0.3 is 4.74 Å². The molecule has 3 nitrogen and oxygen atoms in total. The Morgan fingerprint density at radius 2 is 2.06 bits per heavy atom. The van der Waals surface area contributed by atoms with Crippen LogP contribution in [0.15, 0.2) is 36.4 Å². The first kappa shape index (κ1) is 12.4. The quantitative estimate of drug-likeness (QED) is 0.662. The zero-order valence-electron chi connectivity index (χ0n) is 9.31. The van der Waals surface area contributed by atoms with Crippen molar-refractivity contribution < 1.29 is 4.74 Å². The van der Waals surface area contributed by atoms with Crippen molar-refractivity contribution in [3.8, 4) is 5.75 Å². The molecule has 0 saturated heterocycles. The second-order valence-electron chi connectivity index (χ2n) is 3.48. The molecule has 1 aromatic heterocycles. The highest BCUT2D eigenvalue weighted by Gasteiger charge is 2.18. The SMILES string of the molecule is COc1ccccc1C(NN)c1ccc(Cl)s1. The first-order valence-electron chi connectivity index (χ1n) is 5.10. The molecule has 0 radical (unpaired) electrons. The van der Waals surface area contributed by atoms with Gasteiger partial charge in [0.2, 0.25) is 0 Å². The van der Waals surface area contributed by atoms with E-state index in [4.69, 9.17) is 22.2 Å². The number of para-hydroxylation sites is 1. The maximum absolute atomic E-state index is 5.94. The van der Waals surface area contributed by atoms with Crippen molar-refractivity contribution in [2.75, 3.05) is 7.11 Å². The average Bonchev–Trinajstić information content (AvgIpc) is 2.77. The minimum absolute atomic E-state index is 0.108. The van der Waals surface area contributed by atoms with Crippen LogP contribution in [-0.4, -0.2) is 7.11 Å². The van der Waals surface area contributed by atoms with Gasteiger partial charge in [-0.05, 0) is 18.2 Å². The highest BCUT2D eigenvalue weighted by Crippen LogP contribution is 2.34. The van der Waals surface area contributed by atoms with Crippen LogP contribution in [0.5, 0.6) is 5.75 Å². The number of ether oxygens (including phenoxy) is 1. The van der Waals surface area contributed by atoms with E-state index in [0.29, 0.717) is 0 Å². The number of benzene rings is 1. The van der Waals surface area contributed by atoms with Crippen molar-refractivity contribution in [3.05, 3.63) is 51.2 Å². The molecule has 0 amide bonds. The van der Waals surface area contributed by atoms with Crippen molar-refractivity contribution in [3.63, 3.8) is 0 Å². The number of nitrogens with two attached hydrogens (primary N) is 1. The highest BCUT2D eigenvalue weighted by molar-refractivity contribution is 7.16. The number of hydrogen-bond acceptors (Lipinski definition) is 4. The molecule has 0 aliphatic carbocycles. The summed E-state index contributed by atoms with van der Waals surface area (Å²) in [4.78, 5) is 1.06. The van der Waals surface area contributed by atoms with E-state index in [2.05, 4.69) is 5.43 Å². The van der Waals surface area contributed by atoms with Crippen LogP contribution < -0.4 is 16.0 Å². The molecular formula is C12H13ClN2OS. The van der Waals surface area contributed by atoms with Crippen LogP contribution >= 0.6 is 22.9 Å². The van der Waals surface area contributed by atoms with E-state index in [9.17, 15) is 0 Å². The Balaban J connectivity index is 2.41. The van der Waals surface area contributed by atoms with E-state index in [1.165, 1.54) is 11.3 Å². The second-order valence-corrected chi connectivity index (χ2v) is 5.23. The Morgan fingerprint density at radius 3 is 2.65 bits per heavy atom. The third kappa shape index (κ3) is 2.61. The van der Waals surface area contributed by atoms with E-state index < -0.39 is 0 Å². The minimum Gasteiger partial charge on any atom is -0.496 e. The molecule has 3 N–H and O–H groups in total. The molecular weight excluding hydrogens is 256 g/mol. The Bertz CT molecular complexity index is 501. The third-order valence-electron chi connectivity index (χ3n) is 2.50. The molecule has 1 unspecified atom stereocenters. The topological polar surface area (TPSA) is 47.3 Å². The number of hydrazine groups is 1. The standard InChI is InChI=1S/C12H13ClN2OS/c1-16-9-5-3-2-4-8(9)12(15-14)10-6-7-11(13)17-10/h2-7,12,15H,14H2,1H3. The Kier molecular flexibility index (Phi) is 4.02. The normalized spacial score (nSPS) is 12.4. The van der Waals surface area contributed by atoms with Gasteiger partial charge in [0.15, 0.2) is 0 Å². The van der Waals surface area contributed by atoms with Crippen molar-refractivity contribution in [2.45, 2.75) is 6.04 Å². The molecule has 0 fully saturated rings. The number of nitrogens with one attached hydrogen (secondary N) is 1. The summed E-state index contributed by atoms with van der Waals surface area (Å²) in [6, 6.07) is 11.5. The molecule has 0 spiro atoms. The lowest BCUT2D eigenvalue weighted by atomic mass is 10.0. The van der Waals surface area contributed by atoms with Gasteiger partial charge in [0.1, 0.15) is 5.75 Å². The largest absolute Gasteiger partial charge is 0.496 e. The number of rotatable bonds is 4. The fourth-order valence-corrected chi connectivity index (χ4v) is 2.85. The van der Waals surface area contributed by atoms with Crippen LogP contribution in [0.4, 0.5) is 0 Å². The molecule has 0 aliphatic heterocycles. The molecule has 1 aromatic carbocycles. The Labute approximate surface area is 109 Å². The van der Waals surface area contributed by atoms with Crippen LogP contribution in [0.1, 0.15) is 16.5 Å². The first-order chi connectivity index (χ1) is 8.26. The van der Waals surface area contributed by atoms with Crippen LogP contribution in [-0.2, 0) is 0 Å². The van der Waals surface area contributed by atoms with Gasteiger partial charge in [-0.3, -0.25) is 5.84 Å². The average molecular weight is 269 g/mol. The van der Waals surface area contributed by atoms with Gasteiger partial charge in [0.05, 0.1) is 17.5 Å². The van der Waals surface area contributed by atoms with Gasteiger partial charge in [0, 0.05) is 10.4 Å². The van der Waals surface area contributed by atoms with Gasteiger partial charge in [-0.2, -0.15) is 0 Å². The molecule has 2 rings (SSSR count). The molecule has 1 heterocycles. The number of methoxy groups -OCH3 is 1. The van der Waals surface area contributed by atoms with Crippen molar-refractivity contribution in [1.82, 2.24) is 5.43 Å². The number of thiophene rings is 1. The summed E-state index contributed by atoms with van der Waals surface area (Å²) < 4.78 is 6.08. The van der Waals surface area contributed by atoms with Crippen molar-refractivity contribution in [2.24, 2.45) is 5.84 Å². The summed E-state index contributed by atoms with van der Waals surface area (Å²) in [7, 11) is 1.65. The predicted molar refractivity (Wildman–Crippen MR) is 71.5 cm³/mol. The predicted octanol–water partition coefficient (Wildman–Crippen LogP) is 2.96. The monoisotopic (exact) mass is 268 g/mol. The van der Waals surface area contributed by atoms with Crippen LogP contribution in [0.3, 0.4) is 0 Å². The molecule has 2 aromatic rings. The maximum atomic E-state index is 5.94. The number of halogens is 1. The summed E-state index contributed by atoms with van der Waals surface area (Å²) >= 11 is 7.44. The second kappa shape index (κ2) is 5.51. The Morgan fingerprint density at radius 1 is 1.29 bits per heavy atom. The van der Waals surface area contributed by atoms with E-state index in [1.807, 2.05) is 36.4 Å². The zero-order valence-corrected chi connectivity index (χ0v) is 10.9. The number of hydrogen-bond donors (Lipinski definition) is 2. The highest BCUT2D eigenvalue weighted by atomic mass is 35.5. The van der Waals surface area contributed by atoms with Gasteiger partial charge in [-0.25, -0.2) is 5.43 Å². The summed E-state index contributed by atoms with van der Waals surface area (Å²) in [5.41, 5.74) is 3.79. The van der Waals surface area contributed by atoms with E-state index in [-0.39, 0.29) is 6.04 Å². The summed E-state index contributed by atoms with van der Waals surface area (Å²) in [5.74, 6) is 6.43. The van der Waals surface area contributed by atoms with E-state index in [0.717, 1.165) is 20.5 Å². The lowest BCUT2D eigenvalue weighted by molar-refractivity contribution is 0.404. The van der Waals surface area contributed by atoms with Crippen LogP contribution in [0, 0.1) is 0 Å². The smallest absolute Gasteiger partial charge is 0.124 e. The lowest BCUT2D eigenvalue weighted by Gasteiger charge is -2.17. The molecule has 0 bridgehead atoms. The Hall–Kier alpha value is -1.07. The van der Waals surface area contributed by atoms with Crippen LogP contribution in [0.25, 0.3) is 0 Å². The van der Waals surface area contributed by atoms with Gasteiger partial charge in [-0.15, -0.1) is 11.3 Å². The molecule has 17 heavy (non-hydrogen) atoms. The zero-order chi connectivity index (χ0) is 12.3. The van der Waals surface area contributed by atoms with Crippen molar-refractivity contribution >= 4 is 22.9 Å². The van der Waals surface area contributed by atoms with Gasteiger partial charge in [-0.1, -0.05) is 29.8 Å². The minimum atomic E-state index is -0.108. The van der Waals surface area contributed by atoms with E-state index >= 15 is 0 Å². The lowest BCUT2D eigenvalue weighted by Crippen LogP contribution is -2.28. The van der Waals surface area contributed by atoms with Gasteiger partial charge >= 0.3 is 0 Å². The maximum Gasteiger partial charge on any atom is 0.124 e. The molecule has 90 valence electrons. The third-order valence-corrected chi connectivity index (χ3v) is 3.79. The summed E-state index contributed by atoms with van der Waals surface area (Å²) in [6.07, 6.45) is 0. The molecule has 0 aliphatic rings. The fraction of sp³-hybridized carbons (Fsp3) is 0.167. The summed E-state index contributed by atoms with van der Waals surface area (Å²) in [6.45, 7) is 0. The fourth-order valence-electron chi connectivity index (χ4n) is 1.71. The molecule has 0 saturated carbocycles.